The molecule has 0 aliphatic heterocycles. The van der Waals surface area contributed by atoms with Crippen molar-refractivity contribution in [3.8, 4) is 0 Å². The van der Waals surface area contributed by atoms with Crippen molar-refractivity contribution in [2.24, 2.45) is 10.1 Å². The highest BCUT2D eigenvalue weighted by molar-refractivity contribution is 7.89. The Kier molecular flexibility index (Phi) is 3.71. The fourth-order valence-electron chi connectivity index (χ4n) is 1.24. The molecule has 0 spiro atoms. The van der Waals surface area contributed by atoms with Gasteiger partial charge in [0.15, 0.2) is 0 Å². The number of isothiocyanates is 1. The molecule has 0 saturated heterocycles. The lowest BCUT2D eigenvalue weighted by Crippen LogP contribution is -2.14. The van der Waals surface area contributed by atoms with Gasteiger partial charge in [-0.25, -0.2) is 13.6 Å². The maximum Gasteiger partial charge on any atom is 0.238 e. The predicted molar refractivity (Wildman–Crippen MR) is 61.9 cm³/mol. The Balaban J connectivity index is 3.40. The molecule has 0 fully saturated rings. The van der Waals surface area contributed by atoms with E-state index >= 15 is 0 Å². The monoisotopic (exact) mass is 242 g/mol. The number of hydrogen-bond acceptors (Lipinski definition) is 4. The number of benzene rings is 1. The molecule has 0 aromatic heterocycles. The lowest BCUT2D eigenvalue weighted by atomic mass is 10.1. The van der Waals surface area contributed by atoms with Crippen LogP contribution in [0.1, 0.15) is 12.5 Å². The van der Waals surface area contributed by atoms with Crippen molar-refractivity contribution >= 4 is 33.1 Å². The van der Waals surface area contributed by atoms with E-state index in [0.717, 1.165) is 0 Å². The Hall–Kier alpha value is -1.07. The number of nitrogens with two attached hydrogens (primary N) is 1. The number of aryl methyl sites for hydroxylation is 1. The van der Waals surface area contributed by atoms with E-state index < -0.39 is 10.0 Å². The van der Waals surface area contributed by atoms with Crippen molar-refractivity contribution in [2.45, 2.75) is 18.2 Å². The first-order chi connectivity index (χ1) is 6.99. The quantitative estimate of drug-likeness (QED) is 0.646. The van der Waals surface area contributed by atoms with Gasteiger partial charge >= 0.3 is 0 Å². The van der Waals surface area contributed by atoms with Crippen LogP contribution in [0.15, 0.2) is 28.1 Å². The second-order valence-electron chi connectivity index (χ2n) is 2.89. The highest BCUT2D eigenvalue weighted by Crippen LogP contribution is 2.21. The fraction of sp³-hybridized carbons (Fsp3) is 0.222. The average Bonchev–Trinajstić information content (AvgIpc) is 2.16. The standard InChI is InChI=1S/C9H10N2O2S2/c1-2-7-5-8(11-6-14)3-4-9(7)15(10,12)13/h3-5H,2H2,1H3,(H2,10,12,13). The zero-order valence-corrected chi connectivity index (χ0v) is 9.73. The minimum absolute atomic E-state index is 0.133. The van der Waals surface area contributed by atoms with Gasteiger partial charge in [0, 0.05) is 0 Å². The van der Waals surface area contributed by atoms with Gasteiger partial charge in [0.25, 0.3) is 0 Å². The molecule has 0 amide bonds. The number of rotatable bonds is 3. The highest BCUT2D eigenvalue weighted by atomic mass is 32.2. The normalized spacial score (nSPS) is 10.8. The van der Waals surface area contributed by atoms with Crippen LogP contribution in [0.5, 0.6) is 0 Å². The number of thiocarbonyl (C=S) groups is 1. The van der Waals surface area contributed by atoms with Crippen LogP contribution < -0.4 is 5.14 Å². The summed E-state index contributed by atoms with van der Waals surface area (Å²) in [7, 11) is -3.67. The van der Waals surface area contributed by atoms with Crippen molar-refractivity contribution in [3.63, 3.8) is 0 Å². The van der Waals surface area contributed by atoms with Crippen molar-refractivity contribution < 1.29 is 8.42 Å². The smallest absolute Gasteiger partial charge is 0.225 e. The summed E-state index contributed by atoms with van der Waals surface area (Å²) in [5.41, 5.74) is 1.21. The SMILES string of the molecule is CCc1cc(N=C=S)ccc1S(N)(=O)=O. The van der Waals surface area contributed by atoms with E-state index in [-0.39, 0.29) is 4.90 Å². The van der Waals surface area contributed by atoms with E-state index in [2.05, 4.69) is 22.4 Å². The van der Waals surface area contributed by atoms with E-state index in [0.29, 0.717) is 17.7 Å². The van der Waals surface area contributed by atoms with Gasteiger partial charge in [-0.2, -0.15) is 4.99 Å². The second kappa shape index (κ2) is 4.63. The van der Waals surface area contributed by atoms with Crippen molar-refractivity contribution in [1.29, 1.82) is 0 Å². The summed E-state index contributed by atoms with van der Waals surface area (Å²) in [6, 6.07) is 4.61. The molecule has 0 bridgehead atoms. The van der Waals surface area contributed by atoms with Gasteiger partial charge in [0.1, 0.15) is 0 Å². The third kappa shape index (κ3) is 2.94. The topological polar surface area (TPSA) is 72.5 Å². The van der Waals surface area contributed by atoms with Gasteiger partial charge < -0.3 is 0 Å². The fourth-order valence-corrected chi connectivity index (χ4v) is 2.17. The summed E-state index contributed by atoms with van der Waals surface area (Å²) < 4.78 is 22.4. The average molecular weight is 242 g/mol. The third-order valence-corrected chi connectivity index (χ3v) is 3.01. The molecule has 2 N–H and O–H groups in total. The number of primary sulfonamides is 1. The van der Waals surface area contributed by atoms with Crippen molar-refractivity contribution in [3.05, 3.63) is 23.8 Å². The largest absolute Gasteiger partial charge is 0.238 e. The van der Waals surface area contributed by atoms with E-state index in [9.17, 15) is 8.42 Å². The van der Waals surface area contributed by atoms with Crippen LogP contribution in [0.3, 0.4) is 0 Å². The molecular formula is C9H10N2O2S2. The van der Waals surface area contributed by atoms with E-state index in [1.807, 2.05) is 6.92 Å². The summed E-state index contributed by atoms with van der Waals surface area (Å²) >= 11 is 4.46. The lowest BCUT2D eigenvalue weighted by Gasteiger charge is -2.05. The Labute approximate surface area is 93.9 Å². The molecule has 0 atom stereocenters. The molecule has 1 rings (SSSR count). The molecule has 1 aromatic rings. The first-order valence-electron chi connectivity index (χ1n) is 4.22. The first kappa shape index (κ1) is 12.0. The molecule has 15 heavy (non-hydrogen) atoms. The van der Waals surface area contributed by atoms with Crippen LogP contribution in [0.25, 0.3) is 0 Å². The van der Waals surface area contributed by atoms with Gasteiger partial charge in [-0.05, 0) is 42.4 Å². The Morgan fingerprint density at radius 2 is 2.20 bits per heavy atom. The zero-order chi connectivity index (χ0) is 11.5. The summed E-state index contributed by atoms with van der Waals surface area (Å²) in [6.45, 7) is 1.84. The molecule has 0 radical (unpaired) electrons. The number of hydrogen-bond donors (Lipinski definition) is 1. The molecule has 0 saturated carbocycles. The number of sulfonamides is 1. The van der Waals surface area contributed by atoms with Crippen LogP contribution in [0.2, 0.25) is 0 Å². The third-order valence-electron chi connectivity index (χ3n) is 1.91. The summed E-state index contributed by atoms with van der Waals surface area (Å²) in [5, 5.41) is 7.28. The van der Waals surface area contributed by atoms with Crippen molar-refractivity contribution in [1.82, 2.24) is 0 Å². The van der Waals surface area contributed by atoms with Crippen LogP contribution in [-0.4, -0.2) is 13.6 Å². The molecule has 0 unspecified atom stereocenters. The van der Waals surface area contributed by atoms with Gasteiger partial charge in [-0.15, -0.1) is 0 Å². The lowest BCUT2D eigenvalue weighted by molar-refractivity contribution is 0.596. The van der Waals surface area contributed by atoms with Crippen LogP contribution in [-0.2, 0) is 16.4 Å². The summed E-state index contributed by atoms with van der Waals surface area (Å²) in [6.07, 6.45) is 0.562. The molecular weight excluding hydrogens is 232 g/mol. The van der Waals surface area contributed by atoms with Gasteiger partial charge in [0.05, 0.1) is 15.7 Å². The Morgan fingerprint density at radius 1 is 1.53 bits per heavy atom. The minimum Gasteiger partial charge on any atom is -0.225 e. The van der Waals surface area contributed by atoms with E-state index in [1.54, 1.807) is 6.07 Å². The maximum absolute atomic E-state index is 11.2. The molecule has 0 aliphatic carbocycles. The van der Waals surface area contributed by atoms with Crippen LogP contribution in [0.4, 0.5) is 5.69 Å². The molecule has 1 aromatic carbocycles. The molecule has 80 valence electrons. The van der Waals surface area contributed by atoms with Crippen molar-refractivity contribution in [2.75, 3.05) is 0 Å². The van der Waals surface area contributed by atoms with Crippen LogP contribution in [0, 0.1) is 0 Å². The second-order valence-corrected chi connectivity index (χ2v) is 4.61. The summed E-state index contributed by atoms with van der Waals surface area (Å²) in [4.78, 5) is 3.90. The molecule has 0 aliphatic rings. The molecule has 4 nitrogen and oxygen atoms in total. The number of aliphatic imine (C=N–C) groups is 1. The van der Waals surface area contributed by atoms with Gasteiger partial charge in [-0.3, -0.25) is 0 Å². The maximum atomic E-state index is 11.2. The summed E-state index contributed by atoms with van der Waals surface area (Å²) in [5.74, 6) is 0. The molecule has 0 heterocycles. The zero-order valence-electron chi connectivity index (χ0n) is 8.10. The van der Waals surface area contributed by atoms with Crippen LogP contribution >= 0.6 is 12.2 Å². The Bertz CT molecular complexity index is 517. The first-order valence-corrected chi connectivity index (χ1v) is 6.18. The van der Waals surface area contributed by atoms with E-state index in [4.69, 9.17) is 5.14 Å². The van der Waals surface area contributed by atoms with Gasteiger partial charge in [-0.1, -0.05) is 6.92 Å². The highest BCUT2D eigenvalue weighted by Gasteiger charge is 2.12. The Morgan fingerprint density at radius 3 is 2.67 bits per heavy atom. The molecule has 6 heteroatoms. The van der Waals surface area contributed by atoms with E-state index in [1.165, 1.54) is 12.1 Å². The minimum atomic E-state index is -3.67. The predicted octanol–water partition coefficient (Wildman–Crippen LogP) is 1.63. The van der Waals surface area contributed by atoms with Gasteiger partial charge in [0.2, 0.25) is 10.0 Å². The number of nitrogens with zero attached hydrogens (tertiary/aromatic N) is 1.